The number of hydrogen-bond acceptors (Lipinski definition) is 7. The lowest BCUT2D eigenvalue weighted by Gasteiger charge is -2.09. The van der Waals surface area contributed by atoms with Gasteiger partial charge < -0.3 is 15.4 Å². The zero-order chi connectivity index (χ0) is 20.5. The smallest absolute Gasteiger partial charge is 0.258 e. The molecule has 0 aliphatic heterocycles. The highest BCUT2D eigenvalue weighted by Crippen LogP contribution is 2.24. The number of amides is 1. The van der Waals surface area contributed by atoms with E-state index in [9.17, 15) is 4.79 Å². The molecule has 29 heavy (non-hydrogen) atoms. The SMILES string of the molecule is CCCNc1nc(SCC)nc2c1cnn2CCNC(=O)COc1ccccc1. The number of rotatable bonds is 11. The molecule has 0 saturated heterocycles. The number of carbonyl (C=O) groups excluding carboxylic acids is 1. The van der Waals surface area contributed by atoms with E-state index >= 15 is 0 Å². The third-order valence-electron chi connectivity index (χ3n) is 4.05. The Hall–Kier alpha value is -2.81. The fourth-order valence-corrected chi connectivity index (χ4v) is 3.25. The number of anilines is 1. The maximum absolute atomic E-state index is 12.0. The van der Waals surface area contributed by atoms with E-state index in [1.54, 1.807) is 22.6 Å². The summed E-state index contributed by atoms with van der Waals surface area (Å²) in [5.41, 5.74) is 0.768. The number of aromatic nitrogens is 4. The predicted molar refractivity (Wildman–Crippen MR) is 115 cm³/mol. The molecule has 9 heteroatoms. The standard InChI is InChI=1S/C20H26N6O2S/c1-3-10-22-18-16-13-23-26(19(16)25-20(24-18)29-4-2)12-11-21-17(27)14-28-15-8-6-5-7-9-15/h5-9,13H,3-4,10-12,14H2,1-2H3,(H,21,27)(H,22,24,25). The molecule has 1 aromatic carbocycles. The molecule has 0 atom stereocenters. The molecule has 1 amide bonds. The zero-order valence-electron chi connectivity index (χ0n) is 16.7. The number of nitrogens with one attached hydrogen (secondary N) is 2. The highest BCUT2D eigenvalue weighted by Gasteiger charge is 2.13. The normalized spacial score (nSPS) is 10.8. The summed E-state index contributed by atoms with van der Waals surface area (Å²) in [5.74, 6) is 2.20. The van der Waals surface area contributed by atoms with Gasteiger partial charge in [0.15, 0.2) is 17.4 Å². The second-order valence-corrected chi connectivity index (χ2v) is 7.50. The largest absolute Gasteiger partial charge is 0.484 e. The number of para-hydroxylation sites is 1. The van der Waals surface area contributed by atoms with Crippen molar-refractivity contribution in [1.82, 2.24) is 25.1 Å². The molecule has 3 aromatic rings. The molecule has 0 aliphatic rings. The Labute approximate surface area is 174 Å². The third kappa shape index (κ3) is 5.83. The lowest BCUT2D eigenvalue weighted by molar-refractivity contribution is -0.123. The number of carbonyl (C=O) groups is 1. The lowest BCUT2D eigenvalue weighted by atomic mass is 10.3. The second kappa shape index (κ2) is 10.7. The van der Waals surface area contributed by atoms with Gasteiger partial charge in [-0.1, -0.05) is 43.8 Å². The second-order valence-electron chi connectivity index (χ2n) is 6.27. The van der Waals surface area contributed by atoms with Gasteiger partial charge >= 0.3 is 0 Å². The van der Waals surface area contributed by atoms with Gasteiger partial charge in [-0.2, -0.15) is 5.10 Å². The van der Waals surface area contributed by atoms with E-state index < -0.39 is 0 Å². The van der Waals surface area contributed by atoms with Crippen molar-refractivity contribution < 1.29 is 9.53 Å². The van der Waals surface area contributed by atoms with Crippen molar-refractivity contribution in [3.63, 3.8) is 0 Å². The molecule has 0 radical (unpaired) electrons. The van der Waals surface area contributed by atoms with Gasteiger partial charge in [0.2, 0.25) is 0 Å². The molecule has 0 aliphatic carbocycles. The minimum Gasteiger partial charge on any atom is -0.484 e. The van der Waals surface area contributed by atoms with Crippen molar-refractivity contribution in [2.24, 2.45) is 0 Å². The molecular weight excluding hydrogens is 388 g/mol. The number of benzene rings is 1. The van der Waals surface area contributed by atoms with Gasteiger partial charge in [0.1, 0.15) is 11.6 Å². The van der Waals surface area contributed by atoms with Crippen LogP contribution in [0.2, 0.25) is 0 Å². The van der Waals surface area contributed by atoms with Crippen LogP contribution >= 0.6 is 11.8 Å². The minimum atomic E-state index is -0.174. The molecule has 8 nitrogen and oxygen atoms in total. The monoisotopic (exact) mass is 414 g/mol. The van der Waals surface area contributed by atoms with Gasteiger partial charge in [0.05, 0.1) is 18.1 Å². The van der Waals surface area contributed by atoms with Gasteiger partial charge in [-0.05, 0) is 24.3 Å². The van der Waals surface area contributed by atoms with Crippen LogP contribution in [-0.4, -0.2) is 51.1 Å². The highest BCUT2D eigenvalue weighted by atomic mass is 32.2. The van der Waals surface area contributed by atoms with Crippen molar-refractivity contribution >= 4 is 34.5 Å². The molecule has 2 N–H and O–H groups in total. The van der Waals surface area contributed by atoms with Crippen LogP contribution in [0.5, 0.6) is 5.75 Å². The van der Waals surface area contributed by atoms with Crippen LogP contribution in [-0.2, 0) is 11.3 Å². The van der Waals surface area contributed by atoms with Gasteiger partial charge in [-0.15, -0.1) is 0 Å². The van der Waals surface area contributed by atoms with Gasteiger partial charge in [-0.3, -0.25) is 4.79 Å². The Morgan fingerprint density at radius 3 is 2.76 bits per heavy atom. The average molecular weight is 415 g/mol. The van der Waals surface area contributed by atoms with Gasteiger partial charge in [-0.25, -0.2) is 14.6 Å². The Bertz CT molecular complexity index is 931. The van der Waals surface area contributed by atoms with Crippen molar-refractivity contribution in [1.29, 1.82) is 0 Å². The summed E-state index contributed by atoms with van der Waals surface area (Å²) in [6.07, 6.45) is 2.78. The van der Waals surface area contributed by atoms with E-state index in [4.69, 9.17) is 4.74 Å². The van der Waals surface area contributed by atoms with E-state index in [-0.39, 0.29) is 12.5 Å². The predicted octanol–water partition coefficient (Wildman–Crippen LogP) is 2.96. The van der Waals surface area contributed by atoms with Crippen LogP contribution in [0.15, 0.2) is 41.7 Å². The quantitative estimate of drug-likeness (QED) is 0.368. The van der Waals surface area contributed by atoms with E-state index in [0.717, 1.165) is 40.7 Å². The highest BCUT2D eigenvalue weighted by molar-refractivity contribution is 7.99. The number of fused-ring (bicyclic) bond motifs is 1. The van der Waals surface area contributed by atoms with Crippen LogP contribution in [0.25, 0.3) is 11.0 Å². The van der Waals surface area contributed by atoms with Gasteiger partial charge in [0, 0.05) is 13.1 Å². The van der Waals surface area contributed by atoms with Crippen molar-refractivity contribution in [2.45, 2.75) is 32.0 Å². The maximum Gasteiger partial charge on any atom is 0.258 e. The molecule has 154 valence electrons. The lowest BCUT2D eigenvalue weighted by Crippen LogP contribution is -2.31. The summed E-state index contributed by atoms with van der Waals surface area (Å²) in [7, 11) is 0. The number of hydrogen-bond donors (Lipinski definition) is 2. The minimum absolute atomic E-state index is 0.0194. The van der Waals surface area contributed by atoms with Crippen molar-refractivity contribution in [2.75, 3.05) is 30.8 Å². The number of thioether (sulfide) groups is 1. The first kappa shape index (κ1) is 20.9. The van der Waals surface area contributed by atoms with Gasteiger partial charge in [0.25, 0.3) is 5.91 Å². The summed E-state index contributed by atoms with van der Waals surface area (Å²) in [6.45, 7) is 5.95. The van der Waals surface area contributed by atoms with Crippen LogP contribution in [0, 0.1) is 0 Å². The maximum atomic E-state index is 12.0. The summed E-state index contributed by atoms with van der Waals surface area (Å²) in [5, 5.41) is 12.3. The van der Waals surface area contributed by atoms with Crippen molar-refractivity contribution in [3.05, 3.63) is 36.5 Å². The Morgan fingerprint density at radius 1 is 1.17 bits per heavy atom. The first-order valence-electron chi connectivity index (χ1n) is 9.76. The van der Waals surface area contributed by atoms with Crippen LogP contribution in [0.4, 0.5) is 5.82 Å². The first-order chi connectivity index (χ1) is 14.2. The number of ether oxygens (including phenoxy) is 1. The molecule has 0 saturated carbocycles. The molecule has 2 heterocycles. The zero-order valence-corrected chi connectivity index (χ0v) is 17.5. The molecule has 0 unspecified atom stereocenters. The van der Waals surface area contributed by atoms with Crippen LogP contribution < -0.4 is 15.4 Å². The summed E-state index contributed by atoms with van der Waals surface area (Å²) in [6, 6.07) is 9.27. The van der Waals surface area contributed by atoms with Crippen molar-refractivity contribution in [3.8, 4) is 5.75 Å². The fourth-order valence-electron chi connectivity index (χ4n) is 2.69. The Balaban J connectivity index is 1.60. The topological polar surface area (TPSA) is 94.0 Å². The number of nitrogens with zero attached hydrogens (tertiary/aromatic N) is 4. The average Bonchev–Trinajstić information content (AvgIpc) is 3.14. The molecule has 2 aromatic heterocycles. The third-order valence-corrected chi connectivity index (χ3v) is 4.78. The van der Waals surface area contributed by atoms with E-state index in [2.05, 4.69) is 39.5 Å². The molecular formula is C20H26N6O2S. The Kier molecular flexibility index (Phi) is 7.69. The molecule has 3 rings (SSSR count). The first-order valence-corrected chi connectivity index (χ1v) is 10.7. The summed E-state index contributed by atoms with van der Waals surface area (Å²) >= 11 is 1.59. The van der Waals surface area contributed by atoms with Crippen LogP contribution in [0.3, 0.4) is 0 Å². The summed E-state index contributed by atoms with van der Waals surface area (Å²) < 4.78 is 7.25. The Morgan fingerprint density at radius 2 is 2.00 bits per heavy atom. The fraction of sp³-hybridized carbons (Fsp3) is 0.400. The molecule has 0 bridgehead atoms. The molecule has 0 spiro atoms. The van der Waals surface area contributed by atoms with E-state index in [1.165, 1.54) is 0 Å². The van der Waals surface area contributed by atoms with Crippen LogP contribution in [0.1, 0.15) is 20.3 Å². The van der Waals surface area contributed by atoms with E-state index in [0.29, 0.717) is 18.8 Å². The van der Waals surface area contributed by atoms with E-state index in [1.807, 2.05) is 30.3 Å². The molecule has 0 fully saturated rings. The summed E-state index contributed by atoms with van der Waals surface area (Å²) in [4.78, 5) is 21.3.